The van der Waals surface area contributed by atoms with Crippen molar-refractivity contribution in [2.45, 2.75) is 46.0 Å². The number of hydrogen-bond donors (Lipinski definition) is 0. The number of rotatable bonds is 0. The standard InChI is InChI=1S/C13H18O2/c1-12(2)7-13-5-3-4-8(13)6-9(14)10(13)11(12)15/h8,10H,3-7H2,1-2H3/t8-,10+,13+/m0/s1. The van der Waals surface area contributed by atoms with Crippen LogP contribution in [0.4, 0.5) is 0 Å². The average Bonchev–Trinajstić information content (AvgIpc) is 2.63. The first kappa shape index (κ1) is 9.56. The zero-order valence-corrected chi connectivity index (χ0v) is 9.51. The molecule has 3 aliphatic carbocycles. The Bertz CT molecular complexity index is 356. The van der Waals surface area contributed by atoms with Crippen molar-refractivity contribution in [2.75, 3.05) is 0 Å². The molecule has 3 rings (SSSR count). The molecule has 3 saturated carbocycles. The Balaban J connectivity index is 2.10. The zero-order chi connectivity index (χ0) is 10.8. The minimum atomic E-state index is -0.247. The Kier molecular flexibility index (Phi) is 1.61. The van der Waals surface area contributed by atoms with Gasteiger partial charge in [-0.1, -0.05) is 20.3 Å². The summed E-state index contributed by atoms with van der Waals surface area (Å²) in [6.07, 6.45) is 5.15. The molecule has 0 N–H and O–H groups in total. The maximum Gasteiger partial charge on any atom is 0.149 e. The first-order valence-corrected chi connectivity index (χ1v) is 6.04. The minimum Gasteiger partial charge on any atom is -0.299 e. The molecule has 0 unspecified atom stereocenters. The fraction of sp³-hybridized carbons (Fsp3) is 0.846. The van der Waals surface area contributed by atoms with Gasteiger partial charge in [-0.05, 0) is 30.6 Å². The summed E-state index contributed by atoms with van der Waals surface area (Å²) < 4.78 is 0. The van der Waals surface area contributed by atoms with Gasteiger partial charge in [-0.15, -0.1) is 0 Å². The second-order valence-corrected chi connectivity index (χ2v) is 6.35. The molecule has 0 aromatic carbocycles. The Hall–Kier alpha value is -0.660. The monoisotopic (exact) mass is 206 g/mol. The molecule has 15 heavy (non-hydrogen) atoms. The van der Waals surface area contributed by atoms with E-state index in [0.717, 1.165) is 12.8 Å². The highest BCUT2D eigenvalue weighted by atomic mass is 16.2. The van der Waals surface area contributed by atoms with Crippen LogP contribution in [0.2, 0.25) is 0 Å². The van der Waals surface area contributed by atoms with Gasteiger partial charge in [0.2, 0.25) is 0 Å². The minimum absolute atomic E-state index is 0.0949. The smallest absolute Gasteiger partial charge is 0.149 e. The van der Waals surface area contributed by atoms with E-state index in [1.807, 2.05) is 13.8 Å². The van der Waals surface area contributed by atoms with Crippen LogP contribution in [-0.2, 0) is 9.59 Å². The first-order chi connectivity index (χ1) is 6.97. The van der Waals surface area contributed by atoms with Gasteiger partial charge < -0.3 is 0 Å². The number of Topliss-reactive ketones (excluding diaryl/α,β-unsaturated/α-hetero) is 2. The molecule has 0 amide bonds. The van der Waals surface area contributed by atoms with E-state index in [1.165, 1.54) is 12.8 Å². The number of hydrogen-bond acceptors (Lipinski definition) is 2. The molecule has 0 heterocycles. The predicted molar refractivity (Wildman–Crippen MR) is 56.3 cm³/mol. The van der Waals surface area contributed by atoms with E-state index in [9.17, 15) is 9.59 Å². The Morgan fingerprint density at radius 1 is 1.27 bits per heavy atom. The summed E-state index contributed by atoms with van der Waals surface area (Å²) in [4.78, 5) is 24.2. The Morgan fingerprint density at radius 2 is 2.00 bits per heavy atom. The molecule has 0 aromatic heterocycles. The van der Waals surface area contributed by atoms with Crippen molar-refractivity contribution in [1.82, 2.24) is 0 Å². The highest BCUT2D eigenvalue weighted by Crippen LogP contribution is 2.66. The average molecular weight is 206 g/mol. The van der Waals surface area contributed by atoms with Crippen LogP contribution in [0.15, 0.2) is 0 Å². The van der Waals surface area contributed by atoms with Crippen molar-refractivity contribution in [2.24, 2.45) is 22.7 Å². The van der Waals surface area contributed by atoms with Crippen molar-refractivity contribution in [1.29, 1.82) is 0 Å². The molecule has 1 spiro atoms. The second-order valence-electron chi connectivity index (χ2n) is 6.35. The van der Waals surface area contributed by atoms with Gasteiger partial charge in [0, 0.05) is 11.8 Å². The molecule has 2 nitrogen and oxygen atoms in total. The third kappa shape index (κ3) is 0.957. The van der Waals surface area contributed by atoms with Crippen LogP contribution in [0, 0.1) is 22.7 Å². The third-order valence-electron chi connectivity index (χ3n) is 5.05. The lowest BCUT2D eigenvalue weighted by molar-refractivity contribution is -0.134. The number of carbonyl (C=O) groups is 2. The summed E-state index contributed by atoms with van der Waals surface area (Å²) in [5.74, 6) is 0.785. The van der Waals surface area contributed by atoms with Crippen molar-refractivity contribution >= 4 is 11.6 Å². The topological polar surface area (TPSA) is 34.1 Å². The van der Waals surface area contributed by atoms with Crippen LogP contribution in [0.25, 0.3) is 0 Å². The quantitative estimate of drug-likeness (QED) is 0.570. The fourth-order valence-corrected chi connectivity index (χ4v) is 4.58. The molecule has 0 saturated heterocycles. The summed E-state index contributed by atoms with van der Waals surface area (Å²) in [5, 5.41) is 0. The summed E-state index contributed by atoms with van der Waals surface area (Å²) in [7, 11) is 0. The normalized spacial score (nSPS) is 47.1. The van der Waals surface area contributed by atoms with Gasteiger partial charge in [0.25, 0.3) is 0 Å². The van der Waals surface area contributed by atoms with Crippen molar-refractivity contribution in [3.8, 4) is 0 Å². The van der Waals surface area contributed by atoms with Gasteiger partial charge in [0.1, 0.15) is 11.6 Å². The number of ketones is 2. The Morgan fingerprint density at radius 3 is 2.73 bits per heavy atom. The van der Waals surface area contributed by atoms with Gasteiger partial charge >= 0.3 is 0 Å². The van der Waals surface area contributed by atoms with Gasteiger partial charge in [0.05, 0.1) is 5.92 Å². The van der Waals surface area contributed by atoms with Crippen molar-refractivity contribution in [3.63, 3.8) is 0 Å². The molecule has 0 aliphatic heterocycles. The Labute approximate surface area is 90.4 Å². The van der Waals surface area contributed by atoms with E-state index in [0.29, 0.717) is 12.3 Å². The van der Waals surface area contributed by atoms with E-state index in [4.69, 9.17) is 0 Å². The van der Waals surface area contributed by atoms with E-state index < -0.39 is 0 Å². The van der Waals surface area contributed by atoms with Gasteiger partial charge in [0.15, 0.2) is 0 Å². The van der Waals surface area contributed by atoms with E-state index in [2.05, 4.69) is 0 Å². The van der Waals surface area contributed by atoms with Crippen LogP contribution in [0.3, 0.4) is 0 Å². The SMILES string of the molecule is CC1(C)C[C@]23CCC[C@H]2CC(=O)[C@@H]3C1=O. The molecule has 0 radical (unpaired) electrons. The van der Waals surface area contributed by atoms with Crippen LogP contribution in [0.1, 0.15) is 46.0 Å². The maximum absolute atomic E-state index is 12.2. The van der Waals surface area contributed by atoms with Gasteiger partial charge in [-0.25, -0.2) is 0 Å². The summed E-state index contributed by atoms with van der Waals surface area (Å²) in [5.41, 5.74) is -0.152. The fourth-order valence-electron chi connectivity index (χ4n) is 4.58. The van der Waals surface area contributed by atoms with E-state index in [-0.39, 0.29) is 28.3 Å². The highest BCUT2D eigenvalue weighted by molar-refractivity contribution is 6.09. The lowest BCUT2D eigenvalue weighted by Crippen LogP contribution is -2.28. The second kappa shape index (κ2) is 2.53. The van der Waals surface area contributed by atoms with Crippen LogP contribution < -0.4 is 0 Å². The summed E-state index contributed by atoms with van der Waals surface area (Å²) in [6.45, 7) is 4.04. The molecule has 2 heteroatoms. The number of carbonyl (C=O) groups excluding carboxylic acids is 2. The predicted octanol–water partition coefficient (Wildman–Crippen LogP) is 2.36. The van der Waals surface area contributed by atoms with E-state index >= 15 is 0 Å². The largest absolute Gasteiger partial charge is 0.299 e. The summed E-state index contributed by atoms with van der Waals surface area (Å²) in [6, 6.07) is 0. The highest BCUT2D eigenvalue weighted by Gasteiger charge is 2.67. The molecule has 3 aliphatic rings. The zero-order valence-electron chi connectivity index (χ0n) is 9.51. The van der Waals surface area contributed by atoms with Crippen LogP contribution >= 0.6 is 0 Å². The molecule has 3 fully saturated rings. The lowest BCUT2D eigenvalue weighted by atomic mass is 9.74. The molecular formula is C13H18O2. The molecule has 3 atom stereocenters. The first-order valence-electron chi connectivity index (χ1n) is 6.04. The van der Waals surface area contributed by atoms with Gasteiger partial charge in [-0.3, -0.25) is 9.59 Å². The van der Waals surface area contributed by atoms with Gasteiger partial charge in [-0.2, -0.15) is 0 Å². The third-order valence-corrected chi connectivity index (χ3v) is 5.05. The summed E-state index contributed by atoms with van der Waals surface area (Å²) >= 11 is 0. The molecule has 0 bridgehead atoms. The van der Waals surface area contributed by atoms with Crippen LogP contribution in [-0.4, -0.2) is 11.6 Å². The van der Waals surface area contributed by atoms with Crippen LogP contribution in [0.5, 0.6) is 0 Å². The molecule has 82 valence electrons. The molecular weight excluding hydrogens is 188 g/mol. The van der Waals surface area contributed by atoms with Crippen molar-refractivity contribution in [3.05, 3.63) is 0 Å². The molecule has 0 aromatic rings. The lowest BCUT2D eigenvalue weighted by Gasteiger charge is -2.28. The van der Waals surface area contributed by atoms with E-state index in [1.54, 1.807) is 0 Å². The maximum atomic E-state index is 12.2. The van der Waals surface area contributed by atoms with Crippen molar-refractivity contribution < 1.29 is 9.59 Å².